The molecule has 9 nitrogen and oxygen atoms in total. The zero-order valence-electron chi connectivity index (χ0n) is 16.5. The molecular formula is C22H16ClN5O4. The van der Waals surface area contributed by atoms with E-state index in [1.807, 2.05) is 24.3 Å². The Hall–Kier alpha value is -4.24. The number of anilines is 1. The van der Waals surface area contributed by atoms with E-state index in [9.17, 15) is 19.7 Å². The number of rotatable bonds is 6. The first-order valence-electron chi connectivity index (χ1n) is 9.48. The molecule has 0 aliphatic carbocycles. The van der Waals surface area contributed by atoms with Crippen molar-refractivity contribution in [3.05, 3.63) is 98.8 Å². The Balaban J connectivity index is 1.49. The standard InChI is InChI=1S/C22H16ClN5O4/c23-16-11-13(28(31)32)9-10-14(16)22(30)27-17-6-2-1-5-15(17)21(29)24-12-20-25-18-7-3-4-8-19(18)26-20/h1-11H,12H2,(H,24,29)(H,25,26)(H,27,30). The third-order valence-corrected chi connectivity index (χ3v) is 5.00. The van der Waals surface area contributed by atoms with E-state index in [-0.39, 0.29) is 34.1 Å². The van der Waals surface area contributed by atoms with Gasteiger partial charge in [0.25, 0.3) is 17.5 Å². The van der Waals surface area contributed by atoms with Crippen LogP contribution in [-0.2, 0) is 6.54 Å². The molecule has 0 saturated heterocycles. The van der Waals surface area contributed by atoms with Crippen molar-refractivity contribution < 1.29 is 14.5 Å². The van der Waals surface area contributed by atoms with E-state index < -0.39 is 16.7 Å². The van der Waals surface area contributed by atoms with Gasteiger partial charge in [-0.05, 0) is 30.3 Å². The number of benzene rings is 3. The molecule has 0 fully saturated rings. The summed E-state index contributed by atoms with van der Waals surface area (Å²) in [5.74, 6) is -0.405. The molecule has 1 aromatic heterocycles. The van der Waals surface area contributed by atoms with Crippen molar-refractivity contribution in [1.29, 1.82) is 0 Å². The molecule has 4 aromatic rings. The number of carbonyl (C=O) groups is 2. The number of imidazole rings is 1. The summed E-state index contributed by atoms with van der Waals surface area (Å²) >= 11 is 6.03. The van der Waals surface area contributed by atoms with Crippen LogP contribution >= 0.6 is 11.6 Å². The van der Waals surface area contributed by atoms with Gasteiger partial charge < -0.3 is 15.6 Å². The van der Waals surface area contributed by atoms with Crippen molar-refractivity contribution in [3.63, 3.8) is 0 Å². The summed E-state index contributed by atoms with van der Waals surface area (Å²) in [4.78, 5) is 43.2. The van der Waals surface area contributed by atoms with Crippen LogP contribution in [0.25, 0.3) is 11.0 Å². The van der Waals surface area contributed by atoms with E-state index in [4.69, 9.17) is 11.6 Å². The summed E-state index contributed by atoms with van der Waals surface area (Å²) in [6.07, 6.45) is 0. The Morgan fingerprint density at radius 3 is 2.50 bits per heavy atom. The van der Waals surface area contributed by atoms with Gasteiger partial charge in [0.1, 0.15) is 5.82 Å². The number of amides is 2. The summed E-state index contributed by atoms with van der Waals surface area (Å²) in [6.45, 7) is 0.171. The van der Waals surface area contributed by atoms with E-state index in [0.717, 1.165) is 17.1 Å². The second-order valence-electron chi connectivity index (χ2n) is 6.80. The van der Waals surface area contributed by atoms with Crippen LogP contribution in [-0.4, -0.2) is 26.7 Å². The zero-order chi connectivity index (χ0) is 22.7. The average Bonchev–Trinajstić information content (AvgIpc) is 3.20. The smallest absolute Gasteiger partial charge is 0.270 e. The lowest BCUT2D eigenvalue weighted by Gasteiger charge is -2.11. The van der Waals surface area contributed by atoms with Crippen molar-refractivity contribution in [2.75, 3.05) is 5.32 Å². The molecule has 0 atom stereocenters. The number of H-pyrrole nitrogens is 1. The van der Waals surface area contributed by atoms with Gasteiger partial charge in [-0.25, -0.2) is 4.98 Å². The normalized spacial score (nSPS) is 10.7. The highest BCUT2D eigenvalue weighted by Gasteiger charge is 2.18. The van der Waals surface area contributed by atoms with E-state index in [2.05, 4.69) is 20.6 Å². The number of para-hydroxylation sites is 3. The Morgan fingerprint density at radius 1 is 1.00 bits per heavy atom. The lowest BCUT2D eigenvalue weighted by Crippen LogP contribution is -2.25. The molecule has 0 aliphatic rings. The monoisotopic (exact) mass is 449 g/mol. The zero-order valence-corrected chi connectivity index (χ0v) is 17.2. The second kappa shape index (κ2) is 8.86. The predicted molar refractivity (Wildman–Crippen MR) is 120 cm³/mol. The number of hydrogen-bond acceptors (Lipinski definition) is 5. The minimum atomic E-state index is -0.602. The largest absolute Gasteiger partial charge is 0.345 e. The maximum absolute atomic E-state index is 12.8. The van der Waals surface area contributed by atoms with E-state index in [1.54, 1.807) is 24.3 Å². The average molecular weight is 450 g/mol. The molecule has 0 saturated carbocycles. The first-order chi connectivity index (χ1) is 15.4. The number of nitrogens with zero attached hydrogens (tertiary/aromatic N) is 2. The maximum Gasteiger partial charge on any atom is 0.270 e. The number of nitro groups is 1. The van der Waals surface area contributed by atoms with Gasteiger partial charge in [0.05, 0.1) is 44.3 Å². The molecule has 32 heavy (non-hydrogen) atoms. The first kappa shape index (κ1) is 21.0. The number of nitro benzene ring substituents is 1. The van der Waals surface area contributed by atoms with E-state index in [0.29, 0.717) is 5.82 Å². The lowest BCUT2D eigenvalue weighted by molar-refractivity contribution is -0.384. The van der Waals surface area contributed by atoms with Gasteiger partial charge in [0.2, 0.25) is 0 Å². The SMILES string of the molecule is O=C(Nc1ccccc1C(=O)NCc1nc2ccccc2[nH]1)c1ccc([N+](=O)[O-])cc1Cl. The summed E-state index contributed by atoms with van der Waals surface area (Å²) in [6, 6.07) is 17.6. The maximum atomic E-state index is 12.8. The van der Waals surface area contributed by atoms with Crippen LogP contribution in [0.2, 0.25) is 5.02 Å². The number of carbonyl (C=O) groups excluding carboxylic acids is 2. The molecule has 10 heteroatoms. The van der Waals surface area contributed by atoms with Crippen molar-refractivity contribution >= 4 is 45.8 Å². The van der Waals surface area contributed by atoms with E-state index >= 15 is 0 Å². The van der Waals surface area contributed by atoms with E-state index in [1.165, 1.54) is 12.1 Å². The molecule has 4 rings (SSSR count). The quantitative estimate of drug-likeness (QED) is 0.298. The van der Waals surface area contributed by atoms with Gasteiger partial charge in [-0.15, -0.1) is 0 Å². The number of hydrogen-bond donors (Lipinski definition) is 3. The number of aromatic nitrogens is 2. The molecule has 0 radical (unpaired) electrons. The molecule has 0 unspecified atom stereocenters. The fourth-order valence-electron chi connectivity index (χ4n) is 3.13. The topological polar surface area (TPSA) is 130 Å². The van der Waals surface area contributed by atoms with Gasteiger partial charge in [0, 0.05) is 12.1 Å². The second-order valence-corrected chi connectivity index (χ2v) is 7.21. The summed E-state index contributed by atoms with van der Waals surface area (Å²) in [7, 11) is 0. The van der Waals surface area contributed by atoms with Crippen molar-refractivity contribution in [1.82, 2.24) is 15.3 Å². The number of fused-ring (bicyclic) bond motifs is 1. The van der Waals surface area contributed by atoms with Gasteiger partial charge >= 0.3 is 0 Å². The Bertz CT molecular complexity index is 1320. The molecule has 0 aliphatic heterocycles. The van der Waals surface area contributed by atoms with Gasteiger partial charge in [0.15, 0.2) is 0 Å². The van der Waals surface area contributed by atoms with Gasteiger partial charge in [-0.1, -0.05) is 35.9 Å². The van der Waals surface area contributed by atoms with Crippen LogP contribution < -0.4 is 10.6 Å². The van der Waals surface area contributed by atoms with Crippen LogP contribution in [0.1, 0.15) is 26.5 Å². The minimum Gasteiger partial charge on any atom is -0.345 e. The van der Waals surface area contributed by atoms with Crippen molar-refractivity contribution in [3.8, 4) is 0 Å². The molecule has 0 spiro atoms. The molecule has 2 amide bonds. The molecule has 160 valence electrons. The van der Waals surface area contributed by atoms with Crippen LogP contribution in [0, 0.1) is 10.1 Å². The third kappa shape index (κ3) is 4.42. The molecule has 3 N–H and O–H groups in total. The summed E-state index contributed by atoms with van der Waals surface area (Å²) in [5.41, 5.74) is 2.00. The van der Waals surface area contributed by atoms with Crippen LogP contribution in [0.15, 0.2) is 66.7 Å². The molecule has 1 heterocycles. The highest BCUT2D eigenvalue weighted by atomic mass is 35.5. The predicted octanol–water partition coefficient (Wildman–Crippen LogP) is 4.31. The Labute approximate surface area is 186 Å². The van der Waals surface area contributed by atoms with Crippen molar-refractivity contribution in [2.24, 2.45) is 0 Å². The fourth-order valence-corrected chi connectivity index (χ4v) is 3.39. The highest BCUT2D eigenvalue weighted by Crippen LogP contribution is 2.24. The Morgan fingerprint density at radius 2 is 1.75 bits per heavy atom. The van der Waals surface area contributed by atoms with Crippen LogP contribution in [0.4, 0.5) is 11.4 Å². The highest BCUT2D eigenvalue weighted by molar-refractivity contribution is 6.34. The number of halogens is 1. The first-order valence-corrected chi connectivity index (χ1v) is 9.86. The lowest BCUT2D eigenvalue weighted by atomic mass is 10.1. The number of aromatic amines is 1. The Kier molecular flexibility index (Phi) is 5.82. The van der Waals surface area contributed by atoms with Crippen LogP contribution in [0.3, 0.4) is 0 Å². The number of non-ortho nitro benzene ring substituents is 1. The summed E-state index contributed by atoms with van der Waals surface area (Å²) < 4.78 is 0. The molecule has 0 bridgehead atoms. The molecule has 3 aromatic carbocycles. The van der Waals surface area contributed by atoms with Gasteiger partial charge in [-0.2, -0.15) is 0 Å². The van der Waals surface area contributed by atoms with Gasteiger partial charge in [-0.3, -0.25) is 19.7 Å². The third-order valence-electron chi connectivity index (χ3n) is 4.68. The van der Waals surface area contributed by atoms with Crippen LogP contribution in [0.5, 0.6) is 0 Å². The number of nitrogens with one attached hydrogen (secondary N) is 3. The minimum absolute atomic E-state index is 0.0507. The fraction of sp³-hybridized carbons (Fsp3) is 0.0455. The summed E-state index contributed by atoms with van der Waals surface area (Å²) in [5, 5.41) is 16.2. The van der Waals surface area contributed by atoms with Crippen molar-refractivity contribution in [2.45, 2.75) is 6.54 Å². The molecular weight excluding hydrogens is 434 g/mol.